The van der Waals surface area contributed by atoms with Gasteiger partial charge in [-0.3, -0.25) is 4.79 Å². The number of rotatable bonds is 9. The fraction of sp³-hybridized carbons (Fsp3) is 0.353. The molecule has 3 aliphatic rings. The molecule has 0 unspecified atom stereocenters. The second-order valence-corrected chi connectivity index (χ2v) is 11.5. The average molecular weight is 638 g/mol. The Morgan fingerprint density at radius 3 is 1.98 bits per heavy atom. The van der Waals surface area contributed by atoms with Crippen molar-refractivity contribution in [1.82, 2.24) is 5.32 Å². The molecule has 2 N–H and O–H groups in total. The Hall–Kier alpha value is -4.73. The number of carbonyl (C=O) groups is 3. The molecule has 3 heterocycles. The van der Waals surface area contributed by atoms with E-state index in [1.165, 1.54) is 0 Å². The number of alkyl halides is 3. The zero-order valence-corrected chi connectivity index (χ0v) is 24.9. The molecule has 3 aromatic carbocycles. The minimum Gasteiger partial charge on any atom is -0.542 e. The Morgan fingerprint density at radius 2 is 1.46 bits per heavy atom. The zero-order valence-electron chi connectivity index (χ0n) is 24.9. The highest BCUT2D eigenvalue weighted by Crippen LogP contribution is 2.38. The largest absolute Gasteiger partial charge is 0.542 e. The number of hydrogen-bond acceptors (Lipinski definition) is 7. The van der Waals surface area contributed by atoms with E-state index in [0.29, 0.717) is 35.3 Å². The normalized spacial score (nSPS) is 20.4. The monoisotopic (exact) mass is 637 g/mol. The van der Waals surface area contributed by atoms with Crippen LogP contribution in [0.3, 0.4) is 0 Å². The molecule has 46 heavy (non-hydrogen) atoms. The van der Waals surface area contributed by atoms with Crippen LogP contribution in [0.2, 0.25) is 0 Å². The number of hydrogen-bond donors (Lipinski definition) is 2. The third-order valence-corrected chi connectivity index (χ3v) is 8.60. The third-order valence-electron chi connectivity index (χ3n) is 8.60. The molecular formula is C34H34F3N3O6. The summed E-state index contributed by atoms with van der Waals surface area (Å²) in [5.74, 6) is -3.60. The van der Waals surface area contributed by atoms with Crippen LogP contribution in [-0.4, -0.2) is 72.4 Å². The Balaban J connectivity index is 0.000000617. The lowest BCUT2D eigenvalue weighted by Gasteiger charge is -2.52. The summed E-state index contributed by atoms with van der Waals surface area (Å²) in [4.78, 5) is 35.1. The van der Waals surface area contributed by atoms with Crippen LogP contribution in [0.15, 0.2) is 84.9 Å². The van der Waals surface area contributed by atoms with E-state index in [0.717, 1.165) is 43.4 Å². The van der Waals surface area contributed by atoms with Crippen LogP contribution in [0.1, 0.15) is 46.3 Å². The standard InChI is InChI=1S/C32H33N3O4.C2HF3O2/c33-22-25-10-7-8-15-28(25)30(36)34-18-9-19-35-20-16-24(17-21-35)29(23-35)39-31(37)32(38,26-11-3-1-4-12-26)27-13-5-2-6-14-27;3-2(4,5)1(6)7/h1-8,10-15,24,29,38H,9,16-21,23H2;(H,6,7)/t24?,29-,35?;/m0./s1. The number of piperidine rings is 3. The van der Waals surface area contributed by atoms with E-state index in [1.54, 1.807) is 48.5 Å². The molecule has 9 nitrogen and oxygen atoms in total. The highest BCUT2D eigenvalue weighted by molar-refractivity contribution is 5.96. The molecule has 12 heteroatoms. The average Bonchev–Trinajstić information content (AvgIpc) is 3.07. The van der Waals surface area contributed by atoms with E-state index in [9.17, 15) is 33.1 Å². The zero-order chi connectivity index (χ0) is 33.4. The summed E-state index contributed by atoms with van der Waals surface area (Å²) in [7, 11) is 0. The van der Waals surface area contributed by atoms with Gasteiger partial charge in [-0.25, -0.2) is 4.79 Å². The molecule has 1 atom stereocenters. The first kappa shape index (κ1) is 34.1. The predicted molar refractivity (Wildman–Crippen MR) is 157 cm³/mol. The van der Waals surface area contributed by atoms with E-state index in [-0.39, 0.29) is 17.9 Å². The van der Waals surface area contributed by atoms with Gasteiger partial charge in [0.1, 0.15) is 12.5 Å². The number of aliphatic hydroxyl groups is 1. The third kappa shape index (κ3) is 7.91. The lowest BCUT2D eigenvalue weighted by molar-refractivity contribution is -0.946. The van der Waals surface area contributed by atoms with Gasteiger partial charge in [0, 0.05) is 31.7 Å². The molecule has 3 fully saturated rings. The molecule has 0 radical (unpaired) electrons. The number of carboxylic acid groups (broad SMARTS) is 1. The van der Waals surface area contributed by atoms with Gasteiger partial charge in [-0.2, -0.15) is 18.4 Å². The van der Waals surface area contributed by atoms with Crippen molar-refractivity contribution in [3.63, 3.8) is 0 Å². The summed E-state index contributed by atoms with van der Waals surface area (Å²) in [6, 6.07) is 26.8. The number of quaternary nitrogens is 1. The SMILES string of the molecule is N#Cc1ccccc1C(=O)NCCC[N+]12CCC(CC1)[C@@H](OC(=O)C(O)(c1ccccc1)c1ccccc1)C2.O=C([O-])C(F)(F)F. The van der Waals surface area contributed by atoms with Crippen LogP contribution in [0.25, 0.3) is 0 Å². The Bertz CT molecular complexity index is 1510. The van der Waals surface area contributed by atoms with Crippen molar-refractivity contribution in [1.29, 1.82) is 5.26 Å². The smallest absolute Gasteiger partial charge is 0.430 e. The maximum atomic E-state index is 13.7. The first-order chi connectivity index (χ1) is 21.9. The van der Waals surface area contributed by atoms with Crippen molar-refractivity contribution in [2.75, 3.05) is 32.7 Å². The number of nitriles is 1. The topological polar surface area (TPSA) is 140 Å². The van der Waals surface area contributed by atoms with Crippen LogP contribution in [0.4, 0.5) is 13.2 Å². The number of esters is 1. The summed E-state index contributed by atoms with van der Waals surface area (Å²) in [5, 5.41) is 32.8. The molecule has 6 rings (SSSR count). The molecule has 3 saturated heterocycles. The number of fused-ring (bicyclic) bond motifs is 3. The van der Waals surface area contributed by atoms with E-state index >= 15 is 0 Å². The van der Waals surface area contributed by atoms with Crippen molar-refractivity contribution in [2.45, 2.75) is 37.1 Å². The number of carboxylic acids is 1. The van der Waals surface area contributed by atoms with E-state index in [1.807, 2.05) is 36.4 Å². The fourth-order valence-corrected chi connectivity index (χ4v) is 6.14. The van der Waals surface area contributed by atoms with E-state index in [2.05, 4.69) is 11.4 Å². The fourth-order valence-electron chi connectivity index (χ4n) is 6.14. The van der Waals surface area contributed by atoms with Gasteiger partial charge in [-0.1, -0.05) is 72.8 Å². The first-order valence-corrected chi connectivity index (χ1v) is 14.8. The molecular weight excluding hydrogens is 603 g/mol. The summed E-state index contributed by atoms with van der Waals surface area (Å²) < 4.78 is 38.5. The highest BCUT2D eigenvalue weighted by atomic mass is 19.4. The van der Waals surface area contributed by atoms with E-state index in [4.69, 9.17) is 14.6 Å². The summed E-state index contributed by atoms with van der Waals surface area (Å²) >= 11 is 0. The second-order valence-electron chi connectivity index (χ2n) is 11.5. The molecule has 0 saturated carbocycles. The maximum Gasteiger partial charge on any atom is 0.430 e. The molecule has 2 bridgehead atoms. The molecule has 3 aromatic rings. The van der Waals surface area contributed by atoms with Gasteiger partial charge in [-0.05, 0) is 23.3 Å². The van der Waals surface area contributed by atoms with Crippen molar-refractivity contribution >= 4 is 17.8 Å². The van der Waals surface area contributed by atoms with Gasteiger partial charge in [0.2, 0.25) is 5.60 Å². The Kier molecular flexibility index (Phi) is 10.8. The van der Waals surface area contributed by atoms with Crippen LogP contribution in [-0.2, 0) is 19.9 Å². The first-order valence-electron chi connectivity index (χ1n) is 14.8. The lowest BCUT2D eigenvalue weighted by atomic mass is 9.82. The predicted octanol–water partition coefficient (Wildman–Crippen LogP) is 3.07. The molecule has 242 valence electrons. The minimum absolute atomic E-state index is 0.239. The van der Waals surface area contributed by atoms with Gasteiger partial charge >= 0.3 is 12.1 Å². The molecule has 0 aliphatic carbocycles. The van der Waals surface area contributed by atoms with Crippen LogP contribution in [0.5, 0.6) is 0 Å². The van der Waals surface area contributed by atoms with Crippen molar-refractivity contribution in [2.24, 2.45) is 5.92 Å². The van der Waals surface area contributed by atoms with Crippen LogP contribution in [0, 0.1) is 17.2 Å². The number of benzene rings is 3. The van der Waals surface area contributed by atoms with Crippen LogP contribution < -0.4 is 10.4 Å². The number of ether oxygens (including phenoxy) is 1. The van der Waals surface area contributed by atoms with Gasteiger partial charge in [0.05, 0.1) is 36.8 Å². The molecule has 0 aromatic heterocycles. The molecule has 0 spiro atoms. The summed E-state index contributed by atoms with van der Waals surface area (Å²) in [5.41, 5.74) is -0.156. The minimum atomic E-state index is -5.19. The van der Waals surface area contributed by atoms with Gasteiger partial charge in [-0.15, -0.1) is 0 Å². The Morgan fingerprint density at radius 1 is 0.935 bits per heavy atom. The van der Waals surface area contributed by atoms with Crippen molar-refractivity contribution < 1.29 is 47.0 Å². The summed E-state index contributed by atoms with van der Waals surface area (Å²) in [6.45, 7) is 4.12. The highest BCUT2D eigenvalue weighted by Gasteiger charge is 2.50. The van der Waals surface area contributed by atoms with Crippen LogP contribution >= 0.6 is 0 Å². The van der Waals surface area contributed by atoms with Crippen molar-refractivity contribution in [3.05, 3.63) is 107 Å². The van der Waals surface area contributed by atoms with Gasteiger partial charge < -0.3 is 29.5 Å². The second kappa shape index (κ2) is 14.6. The number of nitrogens with one attached hydrogen (secondary N) is 1. The van der Waals surface area contributed by atoms with Gasteiger partial charge in [0.25, 0.3) is 5.91 Å². The number of halogens is 3. The number of carbonyl (C=O) groups excluding carboxylic acids is 3. The lowest BCUT2D eigenvalue weighted by Crippen LogP contribution is -2.65. The van der Waals surface area contributed by atoms with E-state index < -0.39 is 23.7 Å². The maximum absolute atomic E-state index is 13.7. The quantitative estimate of drug-likeness (QED) is 0.209. The molecule has 1 amide bonds. The Labute approximate surface area is 264 Å². The van der Waals surface area contributed by atoms with Gasteiger partial charge in [0.15, 0.2) is 6.10 Å². The number of aliphatic carboxylic acids is 1. The number of amides is 1. The summed E-state index contributed by atoms with van der Waals surface area (Å²) in [6.07, 6.45) is -2.75. The molecule has 3 aliphatic heterocycles. The number of nitrogens with zero attached hydrogens (tertiary/aromatic N) is 2. The van der Waals surface area contributed by atoms with Crippen molar-refractivity contribution in [3.8, 4) is 6.07 Å².